The largest absolute Gasteiger partial charge is 0.461 e. The lowest BCUT2D eigenvalue weighted by Crippen LogP contribution is -2.32. The molecular weight excluding hydrogens is 408 g/mol. The second-order valence-corrected chi connectivity index (χ2v) is 8.47. The van der Waals surface area contributed by atoms with Gasteiger partial charge in [0, 0.05) is 19.7 Å². The van der Waals surface area contributed by atoms with E-state index in [1.54, 1.807) is 11.7 Å². The first-order valence-corrected chi connectivity index (χ1v) is 11.2. The van der Waals surface area contributed by atoms with E-state index < -0.39 is 0 Å². The maximum absolute atomic E-state index is 12.6. The van der Waals surface area contributed by atoms with Gasteiger partial charge in [0.25, 0.3) is 0 Å². The van der Waals surface area contributed by atoms with Crippen LogP contribution in [0.15, 0.2) is 29.1 Å². The summed E-state index contributed by atoms with van der Waals surface area (Å²) in [6.45, 7) is 2.02. The molecular formula is C23H32N6O3. The minimum absolute atomic E-state index is 0.126. The summed E-state index contributed by atoms with van der Waals surface area (Å²) < 4.78 is 12.0. The zero-order valence-electron chi connectivity index (χ0n) is 18.8. The first-order chi connectivity index (χ1) is 15.5. The summed E-state index contributed by atoms with van der Waals surface area (Å²) in [4.78, 5) is 26.3. The smallest absolute Gasteiger partial charge is 0.328 e. The molecule has 1 fully saturated rings. The molecule has 2 aromatic heterocycles. The number of anilines is 1. The van der Waals surface area contributed by atoms with Crippen LogP contribution in [-0.2, 0) is 17.8 Å². The molecule has 3 aromatic rings. The lowest BCUT2D eigenvalue weighted by molar-refractivity contribution is 0.141. The van der Waals surface area contributed by atoms with Gasteiger partial charge in [-0.2, -0.15) is 9.97 Å². The Kier molecular flexibility index (Phi) is 7.06. The third kappa shape index (κ3) is 5.11. The van der Waals surface area contributed by atoms with Gasteiger partial charge in [0.2, 0.25) is 0 Å². The predicted octanol–water partition coefficient (Wildman–Crippen LogP) is 2.54. The number of benzene rings is 1. The van der Waals surface area contributed by atoms with Gasteiger partial charge < -0.3 is 20.2 Å². The molecule has 0 bridgehead atoms. The van der Waals surface area contributed by atoms with E-state index in [4.69, 9.17) is 15.2 Å². The molecule has 9 heteroatoms. The zero-order chi connectivity index (χ0) is 22.5. The number of nitrogens with one attached hydrogen (secondary N) is 1. The predicted molar refractivity (Wildman–Crippen MR) is 124 cm³/mol. The Morgan fingerprint density at radius 1 is 1.12 bits per heavy atom. The molecule has 2 heterocycles. The average Bonchev–Trinajstić information content (AvgIpc) is 3.11. The van der Waals surface area contributed by atoms with Crippen LogP contribution in [0.25, 0.3) is 11.2 Å². The first kappa shape index (κ1) is 22.3. The van der Waals surface area contributed by atoms with E-state index in [0.29, 0.717) is 37.0 Å². The quantitative estimate of drug-likeness (QED) is 0.492. The second-order valence-electron chi connectivity index (χ2n) is 8.47. The van der Waals surface area contributed by atoms with E-state index in [9.17, 15) is 4.79 Å². The maximum Gasteiger partial charge on any atom is 0.328 e. The van der Waals surface area contributed by atoms with Gasteiger partial charge in [-0.1, -0.05) is 43.5 Å². The van der Waals surface area contributed by atoms with Gasteiger partial charge >= 0.3 is 11.7 Å². The molecule has 0 spiro atoms. The van der Waals surface area contributed by atoms with Gasteiger partial charge in [-0.25, -0.2) is 4.79 Å². The topological polar surface area (TPSA) is 111 Å². The highest BCUT2D eigenvalue weighted by molar-refractivity contribution is 5.81. The highest BCUT2D eigenvalue weighted by atomic mass is 16.5. The lowest BCUT2D eigenvalue weighted by Gasteiger charge is -2.31. The number of aromatic amines is 1. The molecule has 0 amide bonds. The minimum Gasteiger partial charge on any atom is -0.461 e. The Hall–Kier alpha value is -2.91. The number of fused-ring (bicyclic) bond motifs is 1. The number of imidazole rings is 1. The summed E-state index contributed by atoms with van der Waals surface area (Å²) in [5.74, 6) is 0.180. The van der Waals surface area contributed by atoms with Crippen molar-refractivity contribution in [3.63, 3.8) is 0 Å². The monoisotopic (exact) mass is 440 g/mol. The molecule has 0 radical (unpaired) electrons. The Bertz CT molecular complexity index is 1090. The standard InChI is InChI=1S/C23H32N6O3/c1-28(18-6-4-3-5-7-18)14-16-8-10-17(11-9-16)15-29-21-19(25-23(29)30)20(24)26-22(27-21)32-13-12-31-2/h8-11,18H,3-7,12-15H2,1-2H3,(H,25,30)(H2,24,26,27). The summed E-state index contributed by atoms with van der Waals surface area (Å²) in [7, 11) is 3.80. The third-order valence-electron chi connectivity index (χ3n) is 6.14. The van der Waals surface area contributed by atoms with Gasteiger partial charge in [0.05, 0.1) is 13.2 Å². The number of nitrogens with two attached hydrogens (primary N) is 1. The van der Waals surface area contributed by atoms with Gasteiger partial charge in [-0.05, 0) is 31.0 Å². The van der Waals surface area contributed by atoms with Crippen molar-refractivity contribution >= 4 is 17.0 Å². The molecule has 172 valence electrons. The molecule has 9 nitrogen and oxygen atoms in total. The van der Waals surface area contributed by atoms with Crippen LogP contribution >= 0.6 is 0 Å². The molecule has 0 unspecified atom stereocenters. The van der Waals surface area contributed by atoms with Gasteiger partial charge in [-0.3, -0.25) is 9.47 Å². The Morgan fingerprint density at radius 2 is 1.84 bits per heavy atom. The minimum atomic E-state index is -0.281. The molecule has 3 N–H and O–H groups in total. The summed E-state index contributed by atoms with van der Waals surface area (Å²) in [5.41, 5.74) is 8.86. The first-order valence-electron chi connectivity index (χ1n) is 11.2. The van der Waals surface area contributed by atoms with E-state index in [1.807, 2.05) is 0 Å². The lowest BCUT2D eigenvalue weighted by atomic mass is 9.94. The average molecular weight is 441 g/mol. The number of methoxy groups -OCH3 is 1. The Labute approximate surface area is 187 Å². The normalized spacial score (nSPS) is 15.0. The maximum atomic E-state index is 12.6. The number of nitrogens with zero attached hydrogens (tertiary/aromatic N) is 4. The molecule has 0 aliphatic heterocycles. The molecule has 1 aliphatic rings. The van der Waals surface area contributed by atoms with Crippen molar-refractivity contribution in [1.29, 1.82) is 0 Å². The van der Waals surface area contributed by atoms with Crippen molar-refractivity contribution in [1.82, 2.24) is 24.4 Å². The second kappa shape index (κ2) is 10.1. The molecule has 1 aromatic carbocycles. The van der Waals surface area contributed by atoms with Crippen LogP contribution < -0.4 is 16.2 Å². The van der Waals surface area contributed by atoms with Crippen molar-refractivity contribution in [2.45, 2.75) is 51.2 Å². The number of hydrogen-bond donors (Lipinski definition) is 2. The van der Waals surface area contributed by atoms with Crippen LogP contribution in [0.4, 0.5) is 5.82 Å². The van der Waals surface area contributed by atoms with Crippen molar-refractivity contribution in [2.24, 2.45) is 0 Å². The fraction of sp³-hybridized carbons (Fsp3) is 0.522. The highest BCUT2D eigenvalue weighted by Gasteiger charge is 2.18. The van der Waals surface area contributed by atoms with Crippen LogP contribution in [0.1, 0.15) is 43.2 Å². The van der Waals surface area contributed by atoms with Crippen molar-refractivity contribution in [2.75, 3.05) is 33.1 Å². The fourth-order valence-corrected chi connectivity index (χ4v) is 4.33. The molecule has 4 rings (SSSR count). The van der Waals surface area contributed by atoms with Crippen molar-refractivity contribution in [3.8, 4) is 6.01 Å². The Balaban J connectivity index is 1.48. The van der Waals surface area contributed by atoms with Crippen molar-refractivity contribution in [3.05, 3.63) is 45.9 Å². The Morgan fingerprint density at radius 3 is 2.56 bits per heavy atom. The summed E-state index contributed by atoms with van der Waals surface area (Å²) in [5, 5.41) is 0. The summed E-state index contributed by atoms with van der Waals surface area (Å²) in [6, 6.07) is 9.21. The molecule has 1 aliphatic carbocycles. The van der Waals surface area contributed by atoms with Crippen LogP contribution in [0.5, 0.6) is 6.01 Å². The zero-order valence-corrected chi connectivity index (χ0v) is 18.8. The SMILES string of the molecule is COCCOc1nc(N)c2[nH]c(=O)n(Cc3ccc(CN(C)C4CCCCC4)cc3)c2n1. The van der Waals surface area contributed by atoms with Gasteiger partial charge in [0.15, 0.2) is 11.5 Å². The molecule has 0 saturated heterocycles. The molecule has 0 atom stereocenters. The molecule has 32 heavy (non-hydrogen) atoms. The fourth-order valence-electron chi connectivity index (χ4n) is 4.33. The van der Waals surface area contributed by atoms with E-state index >= 15 is 0 Å². The van der Waals surface area contributed by atoms with Crippen molar-refractivity contribution < 1.29 is 9.47 Å². The van der Waals surface area contributed by atoms with Crippen LogP contribution in [0, 0.1) is 0 Å². The van der Waals surface area contributed by atoms with E-state index in [-0.39, 0.29) is 17.5 Å². The summed E-state index contributed by atoms with van der Waals surface area (Å²) >= 11 is 0. The number of hydrogen-bond acceptors (Lipinski definition) is 7. The van der Waals surface area contributed by atoms with E-state index in [0.717, 1.165) is 12.1 Å². The molecule has 1 saturated carbocycles. The number of aromatic nitrogens is 4. The van der Waals surface area contributed by atoms with Gasteiger partial charge in [0.1, 0.15) is 12.1 Å². The number of H-pyrrole nitrogens is 1. The third-order valence-corrected chi connectivity index (χ3v) is 6.14. The number of nitrogen functional groups attached to an aromatic ring is 1. The number of ether oxygens (including phenoxy) is 2. The van der Waals surface area contributed by atoms with Gasteiger partial charge in [-0.15, -0.1) is 0 Å². The van der Waals surface area contributed by atoms with Crippen LogP contribution in [0.2, 0.25) is 0 Å². The summed E-state index contributed by atoms with van der Waals surface area (Å²) in [6.07, 6.45) is 6.62. The highest BCUT2D eigenvalue weighted by Crippen LogP contribution is 2.23. The van der Waals surface area contributed by atoms with Crippen LogP contribution in [0.3, 0.4) is 0 Å². The van der Waals surface area contributed by atoms with E-state index in [2.05, 4.69) is 51.2 Å². The van der Waals surface area contributed by atoms with E-state index in [1.165, 1.54) is 37.7 Å². The number of rotatable bonds is 9. The van der Waals surface area contributed by atoms with Crippen LogP contribution in [-0.4, -0.2) is 57.8 Å².